The number of hydrogen-bond acceptors (Lipinski definition) is 5. The number of benzene rings is 1. The van der Waals surface area contributed by atoms with Crippen LogP contribution in [-0.2, 0) is 9.84 Å². The first kappa shape index (κ1) is 15.1. The fourth-order valence-electron chi connectivity index (χ4n) is 2.47. The van der Waals surface area contributed by atoms with Crippen LogP contribution in [-0.4, -0.2) is 58.1 Å². The van der Waals surface area contributed by atoms with E-state index in [0.29, 0.717) is 0 Å². The lowest BCUT2D eigenvalue weighted by Gasteiger charge is -2.36. The van der Waals surface area contributed by atoms with E-state index < -0.39 is 9.84 Å². The molecule has 1 saturated heterocycles. The normalized spacial score (nSPS) is 17.4. The minimum absolute atomic E-state index is 0.283. The molecule has 5 nitrogen and oxygen atoms in total. The zero-order chi connectivity index (χ0) is 14.6. The average molecular weight is 297 g/mol. The molecule has 2 N–H and O–H groups in total. The summed E-state index contributed by atoms with van der Waals surface area (Å²) < 4.78 is 22.2. The topological polar surface area (TPSA) is 66.6 Å². The molecule has 0 saturated carbocycles. The van der Waals surface area contributed by atoms with Gasteiger partial charge in [-0.15, -0.1) is 0 Å². The largest absolute Gasteiger partial charge is 0.399 e. The number of piperazine rings is 1. The second-order valence-corrected chi connectivity index (χ2v) is 7.66. The molecule has 112 valence electrons. The first-order valence-corrected chi connectivity index (χ1v) is 9.01. The predicted molar refractivity (Wildman–Crippen MR) is 83.8 cm³/mol. The molecule has 0 unspecified atom stereocenters. The molecule has 1 aliphatic rings. The van der Waals surface area contributed by atoms with Gasteiger partial charge in [0.2, 0.25) is 0 Å². The van der Waals surface area contributed by atoms with Crippen molar-refractivity contribution in [1.29, 1.82) is 0 Å². The third-order valence-electron chi connectivity index (χ3n) is 3.62. The van der Waals surface area contributed by atoms with Gasteiger partial charge in [-0.25, -0.2) is 8.42 Å². The van der Waals surface area contributed by atoms with Crippen LogP contribution in [0.2, 0.25) is 0 Å². The first-order chi connectivity index (χ1) is 9.44. The van der Waals surface area contributed by atoms with Crippen LogP contribution in [0.4, 0.5) is 11.4 Å². The van der Waals surface area contributed by atoms with E-state index in [2.05, 4.69) is 21.9 Å². The summed E-state index contributed by atoms with van der Waals surface area (Å²) in [5.74, 6) is 0.283. The number of nitrogens with two attached hydrogens (primary N) is 1. The fourth-order valence-corrected chi connectivity index (χ4v) is 3.12. The van der Waals surface area contributed by atoms with Crippen molar-refractivity contribution in [1.82, 2.24) is 4.90 Å². The van der Waals surface area contributed by atoms with Crippen molar-refractivity contribution < 1.29 is 8.42 Å². The van der Waals surface area contributed by atoms with Crippen molar-refractivity contribution in [3.8, 4) is 0 Å². The Labute approximate surface area is 121 Å². The number of hydrogen-bond donors (Lipinski definition) is 1. The third kappa shape index (κ3) is 4.68. The molecule has 0 atom stereocenters. The number of nitrogen functional groups attached to an aromatic ring is 1. The number of anilines is 2. The Morgan fingerprint density at radius 3 is 2.25 bits per heavy atom. The molecule has 0 amide bonds. The lowest BCUT2D eigenvalue weighted by molar-refractivity contribution is 0.259. The lowest BCUT2D eigenvalue weighted by Crippen LogP contribution is -2.46. The maximum absolute atomic E-state index is 11.1. The molecule has 0 aromatic heterocycles. The summed E-state index contributed by atoms with van der Waals surface area (Å²) in [5, 5.41) is 0. The maximum Gasteiger partial charge on any atom is 0.147 e. The SMILES string of the molecule is CS(=O)(=O)CCCN1CCN(c2ccc(N)cc2)CC1. The molecule has 1 aliphatic heterocycles. The van der Waals surface area contributed by atoms with Crippen LogP contribution < -0.4 is 10.6 Å². The Morgan fingerprint density at radius 1 is 1.10 bits per heavy atom. The number of nitrogens with zero attached hydrogens (tertiary/aromatic N) is 2. The minimum atomic E-state index is -2.83. The van der Waals surface area contributed by atoms with Gasteiger partial charge in [-0.1, -0.05) is 0 Å². The van der Waals surface area contributed by atoms with Crippen LogP contribution in [0.25, 0.3) is 0 Å². The van der Waals surface area contributed by atoms with Gasteiger partial charge in [0.25, 0.3) is 0 Å². The van der Waals surface area contributed by atoms with Gasteiger partial charge in [0, 0.05) is 43.8 Å². The van der Waals surface area contributed by atoms with Gasteiger partial charge < -0.3 is 10.6 Å². The zero-order valence-corrected chi connectivity index (χ0v) is 12.8. The van der Waals surface area contributed by atoms with Crippen molar-refractivity contribution in [3.05, 3.63) is 24.3 Å². The molecule has 0 bridgehead atoms. The molecule has 6 heteroatoms. The van der Waals surface area contributed by atoms with E-state index in [-0.39, 0.29) is 5.75 Å². The molecule has 0 spiro atoms. The highest BCUT2D eigenvalue weighted by Gasteiger charge is 2.17. The van der Waals surface area contributed by atoms with E-state index in [0.717, 1.165) is 44.8 Å². The van der Waals surface area contributed by atoms with Gasteiger partial charge in [-0.05, 0) is 37.2 Å². The van der Waals surface area contributed by atoms with Gasteiger partial charge in [-0.2, -0.15) is 0 Å². The van der Waals surface area contributed by atoms with Crippen LogP contribution in [0.1, 0.15) is 6.42 Å². The molecule has 1 aromatic rings. The van der Waals surface area contributed by atoms with Crippen molar-refractivity contribution in [2.45, 2.75) is 6.42 Å². The number of rotatable bonds is 5. The standard InChI is InChI=1S/C14H23N3O2S/c1-20(18,19)12-2-7-16-8-10-17(11-9-16)14-5-3-13(15)4-6-14/h3-6H,2,7-12,15H2,1H3. The first-order valence-electron chi connectivity index (χ1n) is 6.95. The second-order valence-electron chi connectivity index (χ2n) is 5.40. The van der Waals surface area contributed by atoms with Gasteiger partial charge in [0.05, 0.1) is 5.75 Å². The van der Waals surface area contributed by atoms with Crippen LogP contribution in [0.15, 0.2) is 24.3 Å². The zero-order valence-electron chi connectivity index (χ0n) is 12.0. The molecule has 1 fully saturated rings. The Bertz CT molecular complexity index is 520. The summed E-state index contributed by atoms with van der Waals surface area (Å²) in [6, 6.07) is 7.95. The average Bonchev–Trinajstić information content (AvgIpc) is 2.39. The van der Waals surface area contributed by atoms with Gasteiger partial charge in [0.1, 0.15) is 9.84 Å². The maximum atomic E-state index is 11.1. The van der Waals surface area contributed by atoms with Gasteiger partial charge in [-0.3, -0.25) is 4.90 Å². The summed E-state index contributed by atoms with van der Waals surface area (Å²) in [6.07, 6.45) is 2.02. The van der Waals surface area contributed by atoms with Crippen molar-refractivity contribution in [2.24, 2.45) is 0 Å². The van der Waals surface area contributed by atoms with Crippen LogP contribution >= 0.6 is 0 Å². The highest BCUT2D eigenvalue weighted by atomic mass is 32.2. The lowest BCUT2D eigenvalue weighted by atomic mass is 10.2. The Kier molecular flexibility index (Phi) is 4.88. The minimum Gasteiger partial charge on any atom is -0.399 e. The summed E-state index contributed by atoms with van der Waals surface area (Å²) in [6.45, 7) is 4.77. The molecule has 0 radical (unpaired) electrons. The summed E-state index contributed by atoms with van der Waals surface area (Å²) in [7, 11) is -2.83. The number of sulfone groups is 1. The van der Waals surface area contributed by atoms with Gasteiger partial charge >= 0.3 is 0 Å². The quantitative estimate of drug-likeness (QED) is 0.815. The fraction of sp³-hybridized carbons (Fsp3) is 0.571. The molecule has 20 heavy (non-hydrogen) atoms. The van der Waals surface area contributed by atoms with Crippen molar-refractivity contribution in [2.75, 3.05) is 55.4 Å². The van der Waals surface area contributed by atoms with E-state index in [4.69, 9.17) is 5.73 Å². The van der Waals surface area contributed by atoms with Crippen molar-refractivity contribution in [3.63, 3.8) is 0 Å². The molecule has 1 heterocycles. The van der Waals surface area contributed by atoms with Crippen molar-refractivity contribution >= 4 is 21.2 Å². The monoisotopic (exact) mass is 297 g/mol. The van der Waals surface area contributed by atoms with Gasteiger partial charge in [0.15, 0.2) is 0 Å². The summed E-state index contributed by atoms with van der Waals surface area (Å²) >= 11 is 0. The molecule has 1 aromatic carbocycles. The van der Waals surface area contributed by atoms with E-state index in [9.17, 15) is 8.42 Å². The summed E-state index contributed by atoms with van der Waals surface area (Å²) in [4.78, 5) is 4.67. The van der Waals surface area contributed by atoms with E-state index in [1.807, 2.05) is 12.1 Å². The predicted octanol–water partition coefficient (Wildman–Crippen LogP) is 0.826. The molecular formula is C14H23N3O2S. The molecular weight excluding hydrogens is 274 g/mol. The molecule has 0 aliphatic carbocycles. The highest BCUT2D eigenvalue weighted by molar-refractivity contribution is 7.90. The third-order valence-corrected chi connectivity index (χ3v) is 4.65. The Morgan fingerprint density at radius 2 is 1.70 bits per heavy atom. The van der Waals surface area contributed by atoms with Crippen LogP contribution in [0, 0.1) is 0 Å². The Balaban J connectivity index is 1.76. The van der Waals surface area contributed by atoms with E-state index >= 15 is 0 Å². The Hall–Kier alpha value is -1.27. The summed E-state index contributed by atoms with van der Waals surface area (Å²) in [5.41, 5.74) is 7.68. The van der Waals surface area contributed by atoms with E-state index in [1.165, 1.54) is 11.9 Å². The van der Waals surface area contributed by atoms with Crippen LogP contribution in [0.3, 0.4) is 0 Å². The smallest absolute Gasteiger partial charge is 0.147 e. The highest BCUT2D eigenvalue weighted by Crippen LogP contribution is 2.18. The van der Waals surface area contributed by atoms with E-state index in [1.54, 1.807) is 0 Å². The second kappa shape index (κ2) is 6.45. The van der Waals surface area contributed by atoms with Crippen LogP contribution in [0.5, 0.6) is 0 Å². The molecule has 2 rings (SSSR count).